The van der Waals surface area contributed by atoms with E-state index in [4.69, 9.17) is 27.9 Å². The van der Waals surface area contributed by atoms with Crippen LogP contribution in [0.2, 0.25) is 10.0 Å². The molecule has 0 atom stereocenters. The smallest absolute Gasteiger partial charge is 0.256 e. The van der Waals surface area contributed by atoms with Gasteiger partial charge in [-0.25, -0.2) is 0 Å². The van der Waals surface area contributed by atoms with Crippen molar-refractivity contribution in [1.82, 2.24) is 9.78 Å². The minimum atomic E-state index is -0.243. The number of hydrogen-bond acceptors (Lipinski definition) is 3. The topological polar surface area (TPSA) is 56.2 Å². The van der Waals surface area contributed by atoms with Gasteiger partial charge in [-0.15, -0.1) is 0 Å². The summed E-state index contributed by atoms with van der Waals surface area (Å²) in [5, 5.41) is 8.24. The van der Waals surface area contributed by atoms with Crippen LogP contribution in [0.25, 0.3) is 0 Å². The lowest BCUT2D eigenvalue weighted by atomic mass is 10.1. The van der Waals surface area contributed by atoms with Gasteiger partial charge in [-0.1, -0.05) is 53.5 Å². The fourth-order valence-electron chi connectivity index (χ4n) is 3.06. The van der Waals surface area contributed by atoms with E-state index in [1.54, 1.807) is 41.2 Å². The Hall–Kier alpha value is -2.80. The summed E-state index contributed by atoms with van der Waals surface area (Å²) in [4.78, 5) is 12.7. The van der Waals surface area contributed by atoms with Crippen molar-refractivity contribution in [3.8, 4) is 5.75 Å². The van der Waals surface area contributed by atoms with Gasteiger partial charge in [0.1, 0.15) is 12.4 Å². The number of ether oxygens (including phenoxy) is 1. The molecule has 0 saturated carbocycles. The highest BCUT2D eigenvalue weighted by Crippen LogP contribution is 2.25. The molecule has 32 heavy (non-hydrogen) atoms. The quantitative estimate of drug-likeness (QED) is 0.285. The Morgan fingerprint density at radius 1 is 0.969 bits per heavy atom. The van der Waals surface area contributed by atoms with Gasteiger partial charge in [0.25, 0.3) is 5.91 Å². The summed E-state index contributed by atoms with van der Waals surface area (Å²) < 4.78 is 8.44. The summed E-state index contributed by atoms with van der Waals surface area (Å²) in [7, 11) is 0. The summed E-state index contributed by atoms with van der Waals surface area (Å²) >= 11 is 15.5. The molecule has 4 rings (SSSR count). The number of nitrogens with zero attached hydrogens (tertiary/aromatic N) is 2. The van der Waals surface area contributed by atoms with Crippen LogP contribution in [-0.2, 0) is 13.2 Å². The highest BCUT2D eigenvalue weighted by molar-refractivity contribution is 9.10. The van der Waals surface area contributed by atoms with E-state index >= 15 is 0 Å². The Kier molecular flexibility index (Phi) is 7.15. The van der Waals surface area contributed by atoms with Gasteiger partial charge in [0, 0.05) is 17.8 Å². The Morgan fingerprint density at radius 3 is 2.62 bits per heavy atom. The van der Waals surface area contributed by atoms with Crippen molar-refractivity contribution in [2.45, 2.75) is 13.2 Å². The second-order valence-electron chi connectivity index (χ2n) is 7.02. The first-order valence-electron chi connectivity index (χ1n) is 9.73. The van der Waals surface area contributed by atoms with E-state index in [1.165, 1.54) is 0 Å². The fraction of sp³-hybridized carbons (Fsp3) is 0.0833. The monoisotopic (exact) mass is 529 g/mol. The van der Waals surface area contributed by atoms with Crippen molar-refractivity contribution in [3.05, 3.63) is 110 Å². The molecule has 0 saturated heterocycles. The summed E-state index contributed by atoms with van der Waals surface area (Å²) in [6.07, 6.45) is 1.79. The van der Waals surface area contributed by atoms with E-state index in [2.05, 4.69) is 26.3 Å². The molecule has 4 aromatic rings. The summed E-state index contributed by atoms with van der Waals surface area (Å²) in [5.74, 6) is 0.965. The number of anilines is 1. The van der Waals surface area contributed by atoms with Crippen LogP contribution in [0.5, 0.6) is 5.75 Å². The number of nitrogens with one attached hydrogen (secondary N) is 1. The molecule has 0 fully saturated rings. The Morgan fingerprint density at radius 2 is 1.81 bits per heavy atom. The molecule has 0 radical (unpaired) electrons. The second kappa shape index (κ2) is 10.2. The summed E-state index contributed by atoms with van der Waals surface area (Å²) in [6.45, 7) is 0.858. The van der Waals surface area contributed by atoms with Crippen molar-refractivity contribution in [3.63, 3.8) is 0 Å². The van der Waals surface area contributed by atoms with Gasteiger partial charge in [0.05, 0.1) is 21.1 Å². The van der Waals surface area contributed by atoms with Crippen LogP contribution >= 0.6 is 39.1 Å². The van der Waals surface area contributed by atoms with Crippen LogP contribution in [-0.4, -0.2) is 15.7 Å². The molecule has 0 bridgehead atoms. The molecule has 1 amide bonds. The van der Waals surface area contributed by atoms with E-state index in [1.807, 2.05) is 42.5 Å². The SMILES string of the molecule is O=C(Nc1ccn(Cc2ccc(Cl)c(Cl)c2)n1)c1cccc(COc2ccccc2Br)c1. The number of benzene rings is 3. The van der Waals surface area contributed by atoms with Gasteiger partial charge in [-0.2, -0.15) is 5.10 Å². The van der Waals surface area contributed by atoms with Crippen LogP contribution in [0.15, 0.2) is 83.5 Å². The van der Waals surface area contributed by atoms with Gasteiger partial charge in [0.2, 0.25) is 0 Å². The third-order valence-electron chi connectivity index (χ3n) is 4.63. The lowest BCUT2D eigenvalue weighted by Crippen LogP contribution is -2.13. The molecule has 0 aliphatic carbocycles. The lowest BCUT2D eigenvalue weighted by molar-refractivity contribution is 0.102. The molecule has 1 aromatic heterocycles. The maximum Gasteiger partial charge on any atom is 0.256 e. The maximum atomic E-state index is 12.7. The summed E-state index contributed by atoms with van der Waals surface area (Å²) in [6, 6.07) is 22.1. The van der Waals surface area contributed by atoms with Gasteiger partial charge in [-0.3, -0.25) is 9.48 Å². The molecule has 0 spiro atoms. The summed E-state index contributed by atoms with van der Waals surface area (Å²) in [5.41, 5.74) is 2.37. The van der Waals surface area contributed by atoms with Crippen molar-refractivity contribution in [1.29, 1.82) is 0 Å². The number of rotatable bonds is 7. The fourth-order valence-corrected chi connectivity index (χ4v) is 3.78. The predicted molar refractivity (Wildman–Crippen MR) is 131 cm³/mol. The molecule has 3 aromatic carbocycles. The molecule has 5 nitrogen and oxygen atoms in total. The number of aromatic nitrogens is 2. The normalized spacial score (nSPS) is 10.7. The number of carbonyl (C=O) groups is 1. The van der Waals surface area contributed by atoms with E-state index in [0.29, 0.717) is 34.6 Å². The van der Waals surface area contributed by atoms with Gasteiger partial charge in [0.15, 0.2) is 5.82 Å². The highest BCUT2D eigenvalue weighted by atomic mass is 79.9. The second-order valence-corrected chi connectivity index (χ2v) is 8.69. The molecule has 162 valence electrons. The van der Waals surface area contributed by atoms with Crippen molar-refractivity contribution in [2.75, 3.05) is 5.32 Å². The van der Waals surface area contributed by atoms with E-state index < -0.39 is 0 Å². The van der Waals surface area contributed by atoms with Crippen molar-refractivity contribution < 1.29 is 9.53 Å². The van der Waals surface area contributed by atoms with Crippen molar-refractivity contribution in [2.24, 2.45) is 0 Å². The first-order valence-corrected chi connectivity index (χ1v) is 11.3. The number of hydrogen-bond donors (Lipinski definition) is 1. The molecule has 0 aliphatic heterocycles. The minimum Gasteiger partial charge on any atom is -0.488 e. The van der Waals surface area contributed by atoms with Gasteiger partial charge in [-0.05, 0) is 63.5 Å². The average Bonchev–Trinajstić information content (AvgIpc) is 3.22. The third kappa shape index (κ3) is 5.71. The standard InChI is InChI=1S/C24H18BrCl2N3O2/c25-19-6-1-2-7-22(19)32-15-17-4-3-5-18(12-17)24(31)28-23-10-11-30(29-23)14-16-8-9-20(26)21(27)13-16/h1-13H,14-15H2,(H,28,29,31). The Balaban J connectivity index is 1.38. The molecule has 0 aliphatic rings. The van der Waals surface area contributed by atoms with Crippen molar-refractivity contribution >= 4 is 50.9 Å². The zero-order valence-electron chi connectivity index (χ0n) is 16.8. The molecular formula is C24H18BrCl2N3O2. The zero-order chi connectivity index (χ0) is 22.5. The first-order chi connectivity index (χ1) is 15.5. The predicted octanol–water partition coefficient (Wildman–Crippen LogP) is 6.83. The molecular weight excluding hydrogens is 513 g/mol. The number of carbonyl (C=O) groups excluding carboxylic acids is 1. The Bertz CT molecular complexity index is 1260. The zero-order valence-corrected chi connectivity index (χ0v) is 19.9. The number of halogens is 3. The van der Waals surface area contributed by atoms with E-state index in [-0.39, 0.29) is 5.91 Å². The van der Waals surface area contributed by atoms with Crippen LogP contribution < -0.4 is 10.1 Å². The maximum absolute atomic E-state index is 12.7. The van der Waals surface area contributed by atoms with E-state index in [9.17, 15) is 4.79 Å². The number of para-hydroxylation sites is 1. The molecule has 1 heterocycles. The lowest BCUT2D eigenvalue weighted by Gasteiger charge is -2.09. The van der Waals surface area contributed by atoms with Gasteiger partial charge >= 0.3 is 0 Å². The third-order valence-corrected chi connectivity index (χ3v) is 6.03. The average molecular weight is 531 g/mol. The Labute approximate surface area is 204 Å². The molecule has 8 heteroatoms. The number of amides is 1. The van der Waals surface area contributed by atoms with Crippen LogP contribution in [0, 0.1) is 0 Å². The molecule has 0 unspecified atom stereocenters. The highest BCUT2D eigenvalue weighted by Gasteiger charge is 2.10. The molecule has 1 N–H and O–H groups in total. The van der Waals surface area contributed by atoms with Gasteiger partial charge < -0.3 is 10.1 Å². The first kappa shape index (κ1) is 22.4. The van der Waals surface area contributed by atoms with E-state index in [0.717, 1.165) is 21.3 Å². The van der Waals surface area contributed by atoms with Crippen LogP contribution in [0.4, 0.5) is 5.82 Å². The van der Waals surface area contributed by atoms with Crippen LogP contribution in [0.3, 0.4) is 0 Å². The minimum absolute atomic E-state index is 0.243. The largest absolute Gasteiger partial charge is 0.488 e. The van der Waals surface area contributed by atoms with Crippen LogP contribution in [0.1, 0.15) is 21.5 Å².